The summed E-state index contributed by atoms with van der Waals surface area (Å²) in [6, 6.07) is 12.8. The number of nitrogens with one attached hydrogen (secondary N) is 1. The van der Waals surface area contributed by atoms with E-state index in [1.165, 1.54) is 0 Å². The average Bonchev–Trinajstić information content (AvgIpc) is 2.52. The fourth-order valence-electron chi connectivity index (χ4n) is 1.73. The van der Waals surface area contributed by atoms with Gasteiger partial charge in [-0.1, -0.05) is 17.7 Å². The molecule has 21 heavy (non-hydrogen) atoms. The molecular formula is C16H17ClN2O2. The first-order valence-electron chi connectivity index (χ1n) is 6.79. The van der Waals surface area contributed by atoms with Gasteiger partial charge in [0.05, 0.1) is 18.8 Å². The molecular weight excluding hydrogens is 288 g/mol. The van der Waals surface area contributed by atoms with E-state index in [9.17, 15) is 4.79 Å². The SMILES string of the molecule is O=C(CCCOc1ccc(Cl)cc1)NCc1ccccn1. The van der Waals surface area contributed by atoms with Gasteiger partial charge in [0.15, 0.2) is 0 Å². The zero-order valence-corrected chi connectivity index (χ0v) is 12.3. The van der Waals surface area contributed by atoms with Crippen LogP contribution in [0.15, 0.2) is 48.7 Å². The Kier molecular flexibility index (Phi) is 6.03. The summed E-state index contributed by atoms with van der Waals surface area (Å²) in [7, 11) is 0. The van der Waals surface area contributed by atoms with Crippen molar-refractivity contribution >= 4 is 17.5 Å². The number of amides is 1. The van der Waals surface area contributed by atoms with Crippen LogP contribution in [0.2, 0.25) is 5.02 Å². The van der Waals surface area contributed by atoms with E-state index >= 15 is 0 Å². The van der Waals surface area contributed by atoms with Crippen LogP contribution in [0.5, 0.6) is 5.75 Å². The molecule has 0 atom stereocenters. The van der Waals surface area contributed by atoms with Crippen LogP contribution in [-0.4, -0.2) is 17.5 Å². The molecule has 0 unspecified atom stereocenters. The molecule has 0 radical (unpaired) electrons. The van der Waals surface area contributed by atoms with E-state index in [-0.39, 0.29) is 5.91 Å². The number of halogens is 1. The zero-order chi connectivity index (χ0) is 14.9. The Bertz CT molecular complexity index is 558. The lowest BCUT2D eigenvalue weighted by Crippen LogP contribution is -2.23. The standard InChI is InChI=1S/C16H17ClN2O2/c17-13-6-8-15(9-7-13)21-11-3-5-16(20)19-12-14-4-1-2-10-18-14/h1-2,4,6-10H,3,5,11-12H2,(H,19,20). The van der Waals surface area contributed by atoms with Gasteiger partial charge in [-0.25, -0.2) is 0 Å². The number of hydrogen-bond acceptors (Lipinski definition) is 3. The third-order valence-electron chi connectivity index (χ3n) is 2.82. The summed E-state index contributed by atoms with van der Waals surface area (Å²) in [6.07, 6.45) is 2.80. The van der Waals surface area contributed by atoms with E-state index in [2.05, 4.69) is 10.3 Å². The first-order valence-corrected chi connectivity index (χ1v) is 7.17. The Balaban J connectivity index is 1.60. The fourth-order valence-corrected chi connectivity index (χ4v) is 1.86. The molecule has 1 aromatic heterocycles. The molecule has 0 bridgehead atoms. The highest BCUT2D eigenvalue weighted by atomic mass is 35.5. The lowest BCUT2D eigenvalue weighted by molar-refractivity contribution is -0.121. The molecule has 0 fully saturated rings. The van der Waals surface area contributed by atoms with E-state index in [1.807, 2.05) is 30.3 Å². The molecule has 2 rings (SSSR count). The van der Waals surface area contributed by atoms with Crippen molar-refractivity contribution in [2.24, 2.45) is 0 Å². The average molecular weight is 305 g/mol. The smallest absolute Gasteiger partial charge is 0.220 e. The van der Waals surface area contributed by atoms with Crippen molar-refractivity contribution in [1.29, 1.82) is 0 Å². The number of nitrogens with zero attached hydrogens (tertiary/aromatic N) is 1. The predicted molar refractivity (Wildman–Crippen MR) is 82.3 cm³/mol. The highest BCUT2D eigenvalue weighted by molar-refractivity contribution is 6.30. The Morgan fingerprint density at radius 1 is 1.19 bits per heavy atom. The van der Waals surface area contributed by atoms with Crippen LogP contribution in [0, 0.1) is 0 Å². The van der Waals surface area contributed by atoms with Gasteiger partial charge in [0, 0.05) is 17.6 Å². The molecule has 110 valence electrons. The van der Waals surface area contributed by atoms with Crippen LogP contribution in [0.4, 0.5) is 0 Å². The second-order valence-electron chi connectivity index (χ2n) is 4.50. The molecule has 1 amide bonds. The normalized spacial score (nSPS) is 10.1. The largest absolute Gasteiger partial charge is 0.494 e. The summed E-state index contributed by atoms with van der Waals surface area (Å²) in [5, 5.41) is 3.51. The van der Waals surface area contributed by atoms with Crippen LogP contribution in [-0.2, 0) is 11.3 Å². The third-order valence-corrected chi connectivity index (χ3v) is 3.08. The van der Waals surface area contributed by atoms with E-state index in [4.69, 9.17) is 16.3 Å². The summed E-state index contributed by atoms with van der Waals surface area (Å²) >= 11 is 5.79. The number of carbonyl (C=O) groups excluding carboxylic acids is 1. The molecule has 1 N–H and O–H groups in total. The Hall–Kier alpha value is -2.07. The summed E-state index contributed by atoms with van der Waals surface area (Å²) in [5.74, 6) is 0.758. The van der Waals surface area contributed by atoms with Crippen molar-refractivity contribution in [2.45, 2.75) is 19.4 Å². The van der Waals surface area contributed by atoms with E-state index in [1.54, 1.807) is 18.3 Å². The summed E-state index contributed by atoms with van der Waals surface area (Å²) < 4.78 is 5.52. The number of hydrogen-bond donors (Lipinski definition) is 1. The zero-order valence-electron chi connectivity index (χ0n) is 11.6. The maximum absolute atomic E-state index is 11.7. The summed E-state index contributed by atoms with van der Waals surface area (Å²) in [6.45, 7) is 0.955. The minimum atomic E-state index is 0.000333. The lowest BCUT2D eigenvalue weighted by Gasteiger charge is -2.07. The van der Waals surface area contributed by atoms with Crippen LogP contribution in [0.3, 0.4) is 0 Å². The van der Waals surface area contributed by atoms with Crippen LogP contribution >= 0.6 is 11.6 Å². The van der Waals surface area contributed by atoms with Gasteiger partial charge in [-0.15, -0.1) is 0 Å². The van der Waals surface area contributed by atoms with Gasteiger partial charge in [0.25, 0.3) is 0 Å². The minimum Gasteiger partial charge on any atom is -0.494 e. The van der Waals surface area contributed by atoms with Crippen molar-refractivity contribution in [1.82, 2.24) is 10.3 Å². The van der Waals surface area contributed by atoms with Gasteiger partial charge < -0.3 is 10.1 Å². The molecule has 1 aromatic carbocycles. The topological polar surface area (TPSA) is 51.2 Å². The lowest BCUT2D eigenvalue weighted by atomic mass is 10.3. The maximum atomic E-state index is 11.7. The van der Waals surface area contributed by atoms with E-state index < -0.39 is 0 Å². The minimum absolute atomic E-state index is 0.000333. The molecule has 0 aliphatic rings. The van der Waals surface area contributed by atoms with Gasteiger partial charge in [-0.3, -0.25) is 9.78 Å². The van der Waals surface area contributed by atoms with E-state index in [0.717, 1.165) is 11.4 Å². The van der Waals surface area contributed by atoms with E-state index in [0.29, 0.717) is 31.0 Å². The first-order chi connectivity index (χ1) is 10.2. The molecule has 0 saturated heterocycles. The van der Waals surface area contributed by atoms with Gasteiger partial charge >= 0.3 is 0 Å². The molecule has 2 aromatic rings. The predicted octanol–water partition coefficient (Wildman–Crippen LogP) is 3.21. The second-order valence-corrected chi connectivity index (χ2v) is 4.94. The molecule has 0 aliphatic heterocycles. The van der Waals surface area contributed by atoms with Crippen LogP contribution in [0.25, 0.3) is 0 Å². The van der Waals surface area contributed by atoms with Gasteiger partial charge in [0.1, 0.15) is 5.75 Å². The van der Waals surface area contributed by atoms with Crippen LogP contribution in [0.1, 0.15) is 18.5 Å². The number of rotatable bonds is 7. The fraction of sp³-hybridized carbons (Fsp3) is 0.250. The Morgan fingerprint density at radius 2 is 2.00 bits per heavy atom. The van der Waals surface area contributed by atoms with Crippen molar-refractivity contribution in [3.8, 4) is 5.75 Å². The summed E-state index contributed by atoms with van der Waals surface area (Å²) in [4.78, 5) is 15.8. The molecule has 0 spiro atoms. The highest BCUT2D eigenvalue weighted by Gasteiger charge is 2.02. The van der Waals surface area contributed by atoms with Crippen LogP contribution < -0.4 is 10.1 Å². The number of benzene rings is 1. The molecule has 0 aliphatic carbocycles. The molecule has 4 nitrogen and oxygen atoms in total. The monoisotopic (exact) mass is 304 g/mol. The quantitative estimate of drug-likeness (QED) is 0.799. The van der Waals surface area contributed by atoms with Gasteiger partial charge in [-0.2, -0.15) is 0 Å². The maximum Gasteiger partial charge on any atom is 0.220 e. The Morgan fingerprint density at radius 3 is 2.71 bits per heavy atom. The van der Waals surface area contributed by atoms with Gasteiger partial charge in [0.2, 0.25) is 5.91 Å². The number of carbonyl (C=O) groups is 1. The first kappa shape index (κ1) is 15.3. The number of pyridine rings is 1. The third kappa shape index (κ3) is 5.83. The molecule has 0 saturated carbocycles. The Labute approximate surface area is 129 Å². The molecule has 5 heteroatoms. The highest BCUT2D eigenvalue weighted by Crippen LogP contribution is 2.15. The van der Waals surface area contributed by atoms with Crippen molar-refractivity contribution in [3.63, 3.8) is 0 Å². The van der Waals surface area contributed by atoms with Crippen molar-refractivity contribution < 1.29 is 9.53 Å². The van der Waals surface area contributed by atoms with Crippen molar-refractivity contribution in [2.75, 3.05) is 6.61 Å². The summed E-state index contributed by atoms with van der Waals surface area (Å²) in [5.41, 5.74) is 0.850. The van der Waals surface area contributed by atoms with Gasteiger partial charge in [-0.05, 0) is 42.8 Å². The number of aromatic nitrogens is 1. The second kappa shape index (κ2) is 8.27. The van der Waals surface area contributed by atoms with Crippen molar-refractivity contribution in [3.05, 3.63) is 59.4 Å². The molecule has 1 heterocycles. The number of ether oxygens (including phenoxy) is 1.